The van der Waals surface area contributed by atoms with Crippen LogP contribution in [-0.2, 0) is 25.5 Å². The van der Waals surface area contributed by atoms with Gasteiger partial charge >= 0.3 is 5.97 Å². The van der Waals surface area contributed by atoms with Crippen LogP contribution in [0.5, 0.6) is 0 Å². The minimum atomic E-state index is -0.629. The second-order valence-corrected chi connectivity index (χ2v) is 4.76. The van der Waals surface area contributed by atoms with E-state index in [1.54, 1.807) is 12.5 Å². The van der Waals surface area contributed by atoms with Gasteiger partial charge in [-0.05, 0) is 6.42 Å². The van der Waals surface area contributed by atoms with Crippen molar-refractivity contribution in [2.24, 2.45) is 5.73 Å². The van der Waals surface area contributed by atoms with E-state index in [0.717, 1.165) is 12.1 Å². The van der Waals surface area contributed by atoms with E-state index in [0.29, 0.717) is 32.6 Å². The number of H-pyrrole nitrogens is 1. The number of nitrogens with two attached hydrogens (primary N) is 1. The van der Waals surface area contributed by atoms with E-state index in [-0.39, 0.29) is 18.5 Å². The number of esters is 1. The van der Waals surface area contributed by atoms with Crippen LogP contribution in [0.25, 0.3) is 0 Å². The number of amides is 1. The highest BCUT2D eigenvalue weighted by Crippen LogP contribution is 1.96. The number of imidazole rings is 1. The zero-order valence-corrected chi connectivity index (χ0v) is 12.8. The molecule has 0 unspecified atom stereocenters. The van der Waals surface area contributed by atoms with Gasteiger partial charge in [-0.3, -0.25) is 9.59 Å². The Morgan fingerprint density at radius 3 is 2.91 bits per heavy atom. The first-order valence-electron chi connectivity index (χ1n) is 7.37. The van der Waals surface area contributed by atoms with Crippen molar-refractivity contribution in [1.29, 1.82) is 0 Å². The molecule has 1 rings (SSSR count). The Hall–Kier alpha value is -1.93. The monoisotopic (exact) mass is 312 g/mol. The summed E-state index contributed by atoms with van der Waals surface area (Å²) in [7, 11) is 0. The summed E-state index contributed by atoms with van der Waals surface area (Å²) in [5, 5.41) is 2.68. The molecule has 0 fully saturated rings. The molecule has 1 aromatic heterocycles. The van der Waals surface area contributed by atoms with Crippen LogP contribution in [0.15, 0.2) is 12.5 Å². The van der Waals surface area contributed by atoms with Crippen LogP contribution >= 0.6 is 0 Å². The fraction of sp³-hybridized carbons (Fsp3) is 0.643. The SMILES string of the molecule is CCCC(=O)OCCOCCNC(=O)[C@@H](N)Cc1cnc[nH]1. The molecule has 0 spiro atoms. The minimum absolute atomic E-state index is 0.218. The van der Waals surface area contributed by atoms with Crippen molar-refractivity contribution in [3.8, 4) is 0 Å². The molecule has 8 nitrogen and oxygen atoms in total. The van der Waals surface area contributed by atoms with Crippen molar-refractivity contribution in [3.63, 3.8) is 0 Å². The lowest BCUT2D eigenvalue weighted by molar-refractivity contribution is -0.145. The molecule has 8 heteroatoms. The molecule has 0 saturated carbocycles. The van der Waals surface area contributed by atoms with E-state index in [9.17, 15) is 9.59 Å². The quantitative estimate of drug-likeness (QED) is 0.383. The van der Waals surface area contributed by atoms with Crippen LogP contribution in [0, 0.1) is 0 Å². The van der Waals surface area contributed by atoms with Crippen molar-refractivity contribution in [2.45, 2.75) is 32.2 Å². The predicted octanol–water partition coefficient (Wildman–Crippen LogP) is -0.244. The lowest BCUT2D eigenvalue weighted by atomic mass is 10.1. The molecule has 0 bridgehead atoms. The second kappa shape index (κ2) is 10.7. The smallest absolute Gasteiger partial charge is 0.305 e. The molecular weight excluding hydrogens is 288 g/mol. The molecule has 124 valence electrons. The number of ether oxygens (including phenoxy) is 2. The van der Waals surface area contributed by atoms with E-state index in [2.05, 4.69) is 15.3 Å². The molecule has 0 aliphatic heterocycles. The average Bonchev–Trinajstić information content (AvgIpc) is 2.99. The first kappa shape index (κ1) is 18.1. The van der Waals surface area contributed by atoms with Gasteiger partial charge < -0.3 is 25.5 Å². The van der Waals surface area contributed by atoms with Gasteiger partial charge in [0, 0.05) is 31.3 Å². The zero-order chi connectivity index (χ0) is 16.2. The Labute approximate surface area is 129 Å². The zero-order valence-electron chi connectivity index (χ0n) is 12.8. The fourth-order valence-electron chi connectivity index (χ4n) is 1.70. The summed E-state index contributed by atoms with van der Waals surface area (Å²) in [6.45, 7) is 3.15. The first-order valence-corrected chi connectivity index (χ1v) is 7.37. The van der Waals surface area contributed by atoms with Gasteiger partial charge in [0.1, 0.15) is 6.61 Å². The highest BCUT2D eigenvalue weighted by molar-refractivity contribution is 5.81. The molecule has 1 heterocycles. The van der Waals surface area contributed by atoms with Crippen molar-refractivity contribution < 1.29 is 19.1 Å². The lowest BCUT2D eigenvalue weighted by Gasteiger charge is -2.11. The number of hydrogen-bond donors (Lipinski definition) is 3. The van der Waals surface area contributed by atoms with Crippen molar-refractivity contribution >= 4 is 11.9 Å². The molecule has 0 aliphatic carbocycles. The largest absolute Gasteiger partial charge is 0.463 e. The first-order chi connectivity index (χ1) is 10.6. The molecule has 1 amide bonds. The maximum Gasteiger partial charge on any atom is 0.305 e. The maximum absolute atomic E-state index is 11.7. The maximum atomic E-state index is 11.7. The number of carbonyl (C=O) groups is 2. The molecular formula is C14H24N4O4. The van der Waals surface area contributed by atoms with Gasteiger partial charge in [-0.1, -0.05) is 6.92 Å². The van der Waals surface area contributed by atoms with E-state index in [1.807, 2.05) is 6.92 Å². The molecule has 0 saturated heterocycles. The van der Waals surface area contributed by atoms with Gasteiger partial charge in [0.25, 0.3) is 0 Å². The predicted molar refractivity (Wildman–Crippen MR) is 80.0 cm³/mol. The van der Waals surface area contributed by atoms with Gasteiger partial charge in [-0.2, -0.15) is 0 Å². The van der Waals surface area contributed by atoms with Crippen molar-refractivity contribution in [1.82, 2.24) is 15.3 Å². The van der Waals surface area contributed by atoms with Gasteiger partial charge in [0.2, 0.25) is 5.91 Å². The third-order valence-corrected chi connectivity index (χ3v) is 2.82. The summed E-state index contributed by atoms with van der Waals surface area (Å²) in [5.74, 6) is -0.461. The Kier molecular flexibility index (Phi) is 8.85. The Morgan fingerprint density at radius 1 is 1.41 bits per heavy atom. The molecule has 1 atom stereocenters. The normalized spacial score (nSPS) is 11.9. The van der Waals surface area contributed by atoms with E-state index in [1.165, 1.54) is 0 Å². The highest BCUT2D eigenvalue weighted by atomic mass is 16.6. The topological polar surface area (TPSA) is 119 Å². The lowest BCUT2D eigenvalue weighted by Crippen LogP contribution is -2.43. The molecule has 0 aromatic carbocycles. The fourth-order valence-corrected chi connectivity index (χ4v) is 1.70. The summed E-state index contributed by atoms with van der Waals surface area (Å²) in [6, 6.07) is -0.629. The Morgan fingerprint density at radius 2 is 2.23 bits per heavy atom. The van der Waals surface area contributed by atoms with Crippen LogP contribution in [0.1, 0.15) is 25.5 Å². The van der Waals surface area contributed by atoms with Crippen LogP contribution in [-0.4, -0.2) is 54.3 Å². The van der Waals surface area contributed by atoms with Gasteiger partial charge in [0.05, 0.1) is 25.6 Å². The molecule has 22 heavy (non-hydrogen) atoms. The molecule has 1 aromatic rings. The Balaban J connectivity index is 1.99. The van der Waals surface area contributed by atoms with Gasteiger partial charge in [0.15, 0.2) is 0 Å². The average molecular weight is 312 g/mol. The summed E-state index contributed by atoms with van der Waals surface area (Å²) in [6.07, 6.45) is 4.77. The van der Waals surface area contributed by atoms with Crippen LogP contribution in [0.4, 0.5) is 0 Å². The number of aromatic nitrogens is 2. The number of carbonyl (C=O) groups excluding carboxylic acids is 2. The number of nitrogens with zero attached hydrogens (tertiary/aromatic N) is 1. The van der Waals surface area contributed by atoms with Crippen molar-refractivity contribution in [3.05, 3.63) is 18.2 Å². The third kappa shape index (κ3) is 7.75. The second-order valence-electron chi connectivity index (χ2n) is 4.76. The van der Waals surface area contributed by atoms with E-state index < -0.39 is 6.04 Å². The van der Waals surface area contributed by atoms with Crippen LogP contribution in [0.3, 0.4) is 0 Å². The summed E-state index contributed by atoms with van der Waals surface area (Å²) in [4.78, 5) is 29.6. The highest BCUT2D eigenvalue weighted by Gasteiger charge is 2.13. The number of rotatable bonds is 11. The summed E-state index contributed by atoms with van der Waals surface area (Å²) >= 11 is 0. The van der Waals surface area contributed by atoms with Crippen LogP contribution in [0.2, 0.25) is 0 Å². The van der Waals surface area contributed by atoms with Crippen LogP contribution < -0.4 is 11.1 Å². The third-order valence-electron chi connectivity index (χ3n) is 2.82. The number of aromatic amines is 1. The standard InChI is InChI=1S/C14H24N4O4/c1-2-3-13(19)22-7-6-21-5-4-17-14(20)12(15)8-11-9-16-10-18-11/h9-10,12H,2-8,15H2,1H3,(H,16,18)(H,17,20)/t12-/m0/s1. The summed E-state index contributed by atoms with van der Waals surface area (Å²) in [5.41, 5.74) is 6.59. The Bertz CT molecular complexity index is 436. The molecule has 0 radical (unpaired) electrons. The summed E-state index contributed by atoms with van der Waals surface area (Å²) < 4.78 is 10.2. The van der Waals surface area contributed by atoms with Crippen molar-refractivity contribution in [2.75, 3.05) is 26.4 Å². The number of hydrogen-bond acceptors (Lipinski definition) is 6. The molecule has 0 aliphatic rings. The molecule has 4 N–H and O–H groups in total. The number of nitrogens with one attached hydrogen (secondary N) is 2. The van der Waals surface area contributed by atoms with Gasteiger partial charge in [-0.15, -0.1) is 0 Å². The minimum Gasteiger partial charge on any atom is -0.463 e. The van der Waals surface area contributed by atoms with E-state index in [4.69, 9.17) is 15.2 Å². The van der Waals surface area contributed by atoms with Gasteiger partial charge in [-0.25, -0.2) is 4.98 Å². The van der Waals surface area contributed by atoms with E-state index >= 15 is 0 Å².